The molecule has 2 rings (SSSR count). The number of hydrogen-bond acceptors (Lipinski definition) is 2. The predicted octanol–water partition coefficient (Wildman–Crippen LogP) is 3.24. The fraction of sp³-hybridized carbons (Fsp3) is 0. The lowest BCUT2D eigenvalue weighted by atomic mass is 10.0. The molecule has 0 aliphatic carbocycles. The standard InChI is InChI=1S/C12H6ClF2NO/c13-11-5-7(3-4-16-11)12(17)9-6-8(14)1-2-10(9)15/h1-6H. The molecule has 2 aromatic rings. The zero-order chi connectivity index (χ0) is 12.4. The Morgan fingerprint density at radius 2 is 1.94 bits per heavy atom. The molecule has 0 unspecified atom stereocenters. The zero-order valence-corrected chi connectivity index (χ0v) is 9.21. The zero-order valence-electron chi connectivity index (χ0n) is 8.45. The summed E-state index contributed by atoms with van der Waals surface area (Å²) in [4.78, 5) is 15.6. The van der Waals surface area contributed by atoms with E-state index in [-0.39, 0.29) is 16.3 Å². The summed E-state index contributed by atoms with van der Waals surface area (Å²) in [6.45, 7) is 0. The van der Waals surface area contributed by atoms with Gasteiger partial charge in [-0.2, -0.15) is 0 Å². The molecule has 0 spiro atoms. The maximum atomic E-state index is 13.4. The molecule has 0 amide bonds. The Hall–Kier alpha value is -1.81. The minimum atomic E-state index is -0.774. The van der Waals surface area contributed by atoms with Gasteiger partial charge in [-0.25, -0.2) is 13.8 Å². The van der Waals surface area contributed by atoms with Crippen molar-refractivity contribution in [2.24, 2.45) is 0 Å². The Labute approximate surface area is 101 Å². The van der Waals surface area contributed by atoms with Gasteiger partial charge in [0.2, 0.25) is 0 Å². The molecule has 0 saturated heterocycles. The van der Waals surface area contributed by atoms with E-state index in [1.807, 2.05) is 0 Å². The maximum absolute atomic E-state index is 13.4. The molecule has 0 bridgehead atoms. The van der Waals surface area contributed by atoms with Crippen molar-refractivity contribution in [2.45, 2.75) is 0 Å². The Balaban J connectivity index is 2.47. The van der Waals surface area contributed by atoms with Crippen LogP contribution in [-0.4, -0.2) is 10.8 Å². The summed E-state index contributed by atoms with van der Waals surface area (Å²) < 4.78 is 26.3. The number of aromatic nitrogens is 1. The Bertz CT molecular complexity index is 586. The fourth-order valence-electron chi connectivity index (χ4n) is 1.37. The van der Waals surface area contributed by atoms with Crippen LogP contribution < -0.4 is 0 Å². The first-order chi connectivity index (χ1) is 8.08. The lowest BCUT2D eigenvalue weighted by molar-refractivity contribution is 0.103. The summed E-state index contributed by atoms with van der Waals surface area (Å²) in [7, 11) is 0. The number of hydrogen-bond donors (Lipinski definition) is 0. The van der Waals surface area contributed by atoms with Gasteiger partial charge in [0.05, 0.1) is 5.56 Å². The van der Waals surface area contributed by atoms with Crippen molar-refractivity contribution < 1.29 is 13.6 Å². The fourth-order valence-corrected chi connectivity index (χ4v) is 1.54. The summed E-state index contributed by atoms with van der Waals surface area (Å²) in [5.41, 5.74) is -0.165. The average molecular weight is 254 g/mol. The first-order valence-corrected chi connectivity index (χ1v) is 5.07. The van der Waals surface area contributed by atoms with Crippen LogP contribution in [0.25, 0.3) is 0 Å². The van der Waals surface area contributed by atoms with Crippen LogP contribution >= 0.6 is 11.6 Å². The van der Waals surface area contributed by atoms with Crippen molar-refractivity contribution in [3.63, 3.8) is 0 Å². The monoisotopic (exact) mass is 253 g/mol. The number of carbonyl (C=O) groups is 1. The van der Waals surface area contributed by atoms with Crippen LogP contribution in [0.1, 0.15) is 15.9 Å². The molecular weight excluding hydrogens is 248 g/mol. The Morgan fingerprint density at radius 3 is 2.65 bits per heavy atom. The van der Waals surface area contributed by atoms with Gasteiger partial charge in [-0.3, -0.25) is 4.79 Å². The number of ketones is 1. The van der Waals surface area contributed by atoms with Crippen LogP contribution in [0.4, 0.5) is 8.78 Å². The molecule has 0 atom stereocenters. The number of pyridine rings is 1. The number of rotatable bonds is 2. The molecule has 0 N–H and O–H groups in total. The second-order valence-electron chi connectivity index (χ2n) is 3.32. The molecule has 2 nitrogen and oxygen atoms in total. The molecule has 5 heteroatoms. The van der Waals surface area contributed by atoms with Gasteiger partial charge >= 0.3 is 0 Å². The molecule has 0 fully saturated rings. The van der Waals surface area contributed by atoms with Gasteiger partial charge in [0.25, 0.3) is 0 Å². The molecular formula is C12H6ClF2NO. The van der Waals surface area contributed by atoms with E-state index in [2.05, 4.69) is 4.98 Å². The van der Waals surface area contributed by atoms with Gasteiger partial charge < -0.3 is 0 Å². The lowest BCUT2D eigenvalue weighted by Gasteiger charge is -2.03. The summed E-state index contributed by atoms with van der Waals surface area (Å²) in [6.07, 6.45) is 1.33. The van der Waals surface area contributed by atoms with E-state index in [9.17, 15) is 13.6 Å². The molecule has 0 aliphatic heterocycles. The predicted molar refractivity (Wildman–Crippen MR) is 59.0 cm³/mol. The van der Waals surface area contributed by atoms with Crippen LogP contribution in [0, 0.1) is 11.6 Å². The second kappa shape index (κ2) is 4.59. The first kappa shape index (κ1) is 11.7. The summed E-state index contributed by atoms with van der Waals surface area (Å²) in [5.74, 6) is -2.08. The van der Waals surface area contributed by atoms with E-state index < -0.39 is 17.4 Å². The van der Waals surface area contributed by atoms with Gasteiger partial charge in [0.15, 0.2) is 5.78 Å². The van der Waals surface area contributed by atoms with E-state index in [1.165, 1.54) is 18.3 Å². The molecule has 1 aromatic heterocycles. The van der Waals surface area contributed by atoms with Gasteiger partial charge in [-0.15, -0.1) is 0 Å². The molecule has 0 aliphatic rings. The maximum Gasteiger partial charge on any atom is 0.196 e. The van der Waals surface area contributed by atoms with Crippen LogP contribution in [0.5, 0.6) is 0 Å². The van der Waals surface area contributed by atoms with E-state index in [0.29, 0.717) is 0 Å². The SMILES string of the molecule is O=C(c1ccnc(Cl)c1)c1cc(F)ccc1F. The minimum absolute atomic E-state index is 0.118. The van der Waals surface area contributed by atoms with E-state index in [0.717, 1.165) is 18.2 Å². The van der Waals surface area contributed by atoms with Crippen LogP contribution in [-0.2, 0) is 0 Å². The highest BCUT2D eigenvalue weighted by molar-refractivity contribution is 6.30. The third kappa shape index (κ3) is 2.47. The van der Waals surface area contributed by atoms with E-state index in [1.54, 1.807) is 0 Å². The van der Waals surface area contributed by atoms with Gasteiger partial charge in [0.1, 0.15) is 16.8 Å². The number of nitrogens with zero attached hydrogens (tertiary/aromatic N) is 1. The van der Waals surface area contributed by atoms with Crippen molar-refractivity contribution in [3.8, 4) is 0 Å². The molecule has 1 aromatic carbocycles. The normalized spacial score (nSPS) is 10.3. The van der Waals surface area contributed by atoms with Gasteiger partial charge in [-0.05, 0) is 30.3 Å². The Morgan fingerprint density at radius 1 is 1.18 bits per heavy atom. The second-order valence-corrected chi connectivity index (χ2v) is 3.71. The van der Waals surface area contributed by atoms with Gasteiger partial charge in [-0.1, -0.05) is 11.6 Å². The molecule has 0 radical (unpaired) electrons. The number of benzene rings is 1. The average Bonchev–Trinajstić information content (AvgIpc) is 2.31. The van der Waals surface area contributed by atoms with Crippen LogP contribution in [0.15, 0.2) is 36.5 Å². The van der Waals surface area contributed by atoms with Crippen LogP contribution in [0.3, 0.4) is 0 Å². The third-order valence-corrected chi connectivity index (χ3v) is 2.37. The largest absolute Gasteiger partial charge is 0.288 e. The minimum Gasteiger partial charge on any atom is -0.288 e. The van der Waals surface area contributed by atoms with E-state index in [4.69, 9.17) is 11.6 Å². The number of carbonyl (C=O) groups excluding carboxylic acids is 1. The summed E-state index contributed by atoms with van der Waals surface area (Å²) >= 11 is 5.62. The first-order valence-electron chi connectivity index (χ1n) is 4.69. The highest BCUT2D eigenvalue weighted by Gasteiger charge is 2.15. The highest BCUT2D eigenvalue weighted by atomic mass is 35.5. The van der Waals surface area contributed by atoms with Crippen molar-refractivity contribution in [3.05, 3.63) is 64.4 Å². The number of halogens is 3. The molecule has 1 heterocycles. The summed E-state index contributed by atoms with van der Waals surface area (Å²) in [5, 5.41) is 0.118. The molecule has 86 valence electrons. The Kier molecular flexibility index (Phi) is 3.15. The van der Waals surface area contributed by atoms with Crippen molar-refractivity contribution in [1.82, 2.24) is 4.98 Å². The lowest BCUT2D eigenvalue weighted by Crippen LogP contribution is -2.05. The van der Waals surface area contributed by atoms with Crippen molar-refractivity contribution in [2.75, 3.05) is 0 Å². The van der Waals surface area contributed by atoms with Gasteiger partial charge in [0, 0.05) is 11.8 Å². The third-order valence-electron chi connectivity index (χ3n) is 2.16. The van der Waals surface area contributed by atoms with E-state index >= 15 is 0 Å². The smallest absolute Gasteiger partial charge is 0.196 e. The quantitative estimate of drug-likeness (QED) is 0.607. The topological polar surface area (TPSA) is 30.0 Å². The molecule has 0 saturated carbocycles. The van der Waals surface area contributed by atoms with Crippen LogP contribution in [0.2, 0.25) is 5.15 Å². The van der Waals surface area contributed by atoms with Crippen molar-refractivity contribution in [1.29, 1.82) is 0 Å². The summed E-state index contributed by atoms with van der Waals surface area (Å²) in [6, 6.07) is 5.40. The van der Waals surface area contributed by atoms with Crippen molar-refractivity contribution >= 4 is 17.4 Å². The highest BCUT2D eigenvalue weighted by Crippen LogP contribution is 2.16. The molecule has 17 heavy (non-hydrogen) atoms.